The van der Waals surface area contributed by atoms with Crippen molar-refractivity contribution < 1.29 is 9.59 Å². The highest BCUT2D eigenvalue weighted by Crippen LogP contribution is 2.27. The summed E-state index contributed by atoms with van der Waals surface area (Å²) in [4.78, 5) is 26.2. The number of likely N-dealkylation sites (tertiary alicyclic amines) is 1. The van der Waals surface area contributed by atoms with Crippen molar-refractivity contribution in [2.45, 2.75) is 20.3 Å². The third kappa shape index (κ3) is 2.02. The number of carbonyl (C=O) groups is 2. The summed E-state index contributed by atoms with van der Waals surface area (Å²) in [7, 11) is 0. The lowest BCUT2D eigenvalue weighted by atomic mass is 9.81. The van der Waals surface area contributed by atoms with Crippen LogP contribution in [0.15, 0.2) is 17.5 Å². The molecule has 2 heterocycles. The van der Waals surface area contributed by atoms with Gasteiger partial charge in [-0.15, -0.1) is 11.3 Å². The molecular weight excluding hydrogens is 222 g/mol. The Morgan fingerprint density at radius 1 is 1.50 bits per heavy atom. The van der Waals surface area contributed by atoms with Crippen LogP contribution < -0.4 is 0 Å². The first kappa shape index (κ1) is 11.3. The largest absolute Gasteiger partial charge is 0.331 e. The molecule has 0 aromatic carbocycles. The van der Waals surface area contributed by atoms with Gasteiger partial charge in [0, 0.05) is 12.0 Å². The van der Waals surface area contributed by atoms with Gasteiger partial charge in [-0.2, -0.15) is 0 Å². The zero-order chi connectivity index (χ0) is 11.8. The molecule has 0 atom stereocenters. The van der Waals surface area contributed by atoms with Gasteiger partial charge in [-0.3, -0.25) is 9.59 Å². The zero-order valence-electron chi connectivity index (χ0n) is 9.53. The van der Waals surface area contributed by atoms with E-state index in [1.54, 1.807) is 11.0 Å². The summed E-state index contributed by atoms with van der Waals surface area (Å²) in [6.45, 7) is 4.82. The van der Waals surface area contributed by atoms with Crippen LogP contribution >= 0.6 is 11.3 Å². The molecule has 16 heavy (non-hydrogen) atoms. The number of nitrogens with zero attached hydrogens (tertiary/aromatic N) is 1. The number of rotatable bonds is 1. The molecule has 4 heteroatoms. The van der Waals surface area contributed by atoms with Gasteiger partial charge in [0.1, 0.15) is 0 Å². The van der Waals surface area contributed by atoms with Gasteiger partial charge < -0.3 is 4.90 Å². The highest BCUT2D eigenvalue weighted by atomic mass is 32.1. The minimum Gasteiger partial charge on any atom is -0.331 e. The van der Waals surface area contributed by atoms with E-state index in [9.17, 15) is 9.59 Å². The van der Waals surface area contributed by atoms with Gasteiger partial charge in [-0.1, -0.05) is 19.9 Å². The molecule has 0 bridgehead atoms. The summed E-state index contributed by atoms with van der Waals surface area (Å²) >= 11 is 1.42. The SMILES string of the molecule is CC1(C)CCN(C(=O)c2cccs2)CC1=O. The fourth-order valence-electron chi connectivity index (χ4n) is 1.75. The monoisotopic (exact) mass is 237 g/mol. The molecule has 1 saturated heterocycles. The van der Waals surface area contributed by atoms with Crippen molar-refractivity contribution in [2.24, 2.45) is 5.41 Å². The summed E-state index contributed by atoms with van der Waals surface area (Å²) in [5.41, 5.74) is -0.272. The number of amides is 1. The highest BCUT2D eigenvalue weighted by molar-refractivity contribution is 7.12. The highest BCUT2D eigenvalue weighted by Gasteiger charge is 2.35. The van der Waals surface area contributed by atoms with E-state index in [0.29, 0.717) is 11.4 Å². The van der Waals surface area contributed by atoms with Crippen LogP contribution in [0.3, 0.4) is 0 Å². The van der Waals surface area contributed by atoms with Gasteiger partial charge in [0.05, 0.1) is 11.4 Å². The van der Waals surface area contributed by atoms with Crippen molar-refractivity contribution >= 4 is 23.0 Å². The molecule has 3 nitrogen and oxygen atoms in total. The quantitative estimate of drug-likeness (QED) is 0.751. The first-order valence-electron chi connectivity index (χ1n) is 5.37. The van der Waals surface area contributed by atoms with E-state index in [-0.39, 0.29) is 23.7 Å². The lowest BCUT2D eigenvalue weighted by molar-refractivity contribution is -0.130. The van der Waals surface area contributed by atoms with Crippen LogP contribution in [-0.2, 0) is 4.79 Å². The number of hydrogen-bond donors (Lipinski definition) is 0. The van der Waals surface area contributed by atoms with Gasteiger partial charge >= 0.3 is 0 Å². The van der Waals surface area contributed by atoms with Crippen LogP contribution in [0.25, 0.3) is 0 Å². The predicted octanol–water partition coefficient (Wildman–Crippen LogP) is 2.19. The van der Waals surface area contributed by atoms with Crippen LogP contribution in [0, 0.1) is 5.41 Å². The zero-order valence-corrected chi connectivity index (χ0v) is 10.3. The van der Waals surface area contributed by atoms with Crippen molar-refractivity contribution in [2.75, 3.05) is 13.1 Å². The summed E-state index contributed by atoms with van der Waals surface area (Å²) in [6, 6.07) is 3.66. The van der Waals surface area contributed by atoms with E-state index in [2.05, 4.69) is 0 Å². The standard InChI is InChI=1S/C12H15NO2S/c1-12(2)5-6-13(8-10(12)14)11(15)9-4-3-7-16-9/h3-4,7H,5-6,8H2,1-2H3. The second-order valence-electron chi connectivity index (χ2n) is 4.76. The number of piperidine rings is 1. The molecule has 0 N–H and O–H groups in total. The topological polar surface area (TPSA) is 37.4 Å². The number of Topliss-reactive ketones (excluding diaryl/α,β-unsaturated/α-hetero) is 1. The van der Waals surface area contributed by atoms with E-state index < -0.39 is 0 Å². The molecule has 1 aliphatic rings. The molecule has 0 saturated carbocycles. The van der Waals surface area contributed by atoms with Crippen molar-refractivity contribution in [1.29, 1.82) is 0 Å². The Hall–Kier alpha value is -1.16. The Morgan fingerprint density at radius 2 is 2.25 bits per heavy atom. The predicted molar refractivity (Wildman–Crippen MR) is 63.6 cm³/mol. The molecule has 1 aliphatic heterocycles. The van der Waals surface area contributed by atoms with Crippen molar-refractivity contribution in [3.63, 3.8) is 0 Å². The maximum atomic E-state index is 12.0. The van der Waals surface area contributed by atoms with Gasteiger partial charge in [-0.25, -0.2) is 0 Å². The summed E-state index contributed by atoms with van der Waals surface area (Å²) in [6.07, 6.45) is 0.753. The molecule has 1 aromatic rings. The molecule has 86 valence electrons. The van der Waals surface area contributed by atoms with Crippen LogP contribution in [0.2, 0.25) is 0 Å². The van der Waals surface area contributed by atoms with Crippen molar-refractivity contribution in [3.05, 3.63) is 22.4 Å². The summed E-state index contributed by atoms with van der Waals surface area (Å²) < 4.78 is 0. The fraction of sp³-hybridized carbons (Fsp3) is 0.500. The van der Waals surface area contributed by atoms with Crippen LogP contribution in [0.4, 0.5) is 0 Å². The molecule has 1 aromatic heterocycles. The fourth-order valence-corrected chi connectivity index (χ4v) is 2.44. The second kappa shape index (κ2) is 4.01. The molecule has 2 rings (SSSR count). The molecule has 0 radical (unpaired) electrons. The van der Waals surface area contributed by atoms with Gasteiger partial charge in [0.25, 0.3) is 5.91 Å². The van der Waals surface area contributed by atoms with E-state index in [1.807, 2.05) is 25.3 Å². The average molecular weight is 237 g/mol. The summed E-state index contributed by atoms with van der Waals surface area (Å²) in [5, 5.41) is 1.88. The number of carbonyl (C=O) groups excluding carboxylic acids is 2. The van der Waals surface area contributed by atoms with Gasteiger partial charge in [0.2, 0.25) is 0 Å². The number of thiophene rings is 1. The molecule has 1 amide bonds. The van der Waals surface area contributed by atoms with Crippen molar-refractivity contribution in [1.82, 2.24) is 4.90 Å². The third-order valence-corrected chi connectivity index (χ3v) is 3.97. The molecule has 1 fully saturated rings. The first-order valence-corrected chi connectivity index (χ1v) is 6.25. The van der Waals surface area contributed by atoms with Crippen molar-refractivity contribution in [3.8, 4) is 0 Å². The van der Waals surface area contributed by atoms with Crippen LogP contribution in [-0.4, -0.2) is 29.7 Å². The lowest BCUT2D eigenvalue weighted by Gasteiger charge is -2.35. The maximum Gasteiger partial charge on any atom is 0.264 e. The molecule has 0 unspecified atom stereocenters. The molecule has 0 spiro atoms. The van der Waals surface area contributed by atoms with E-state index in [4.69, 9.17) is 0 Å². The van der Waals surface area contributed by atoms with Crippen LogP contribution in [0.5, 0.6) is 0 Å². The van der Waals surface area contributed by atoms with Gasteiger partial charge in [0.15, 0.2) is 5.78 Å². The Bertz CT molecular complexity index is 409. The van der Waals surface area contributed by atoms with Crippen LogP contribution in [0.1, 0.15) is 29.9 Å². The Balaban J connectivity index is 2.09. The number of ketones is 1. The summed E-state index contributed by atoms with van der Waals surface area (Å²) in [5.74, 6) is 0.141. The minimum atomic E-state index is -0.272. The first-order chi connectivity index (χ1) is 7.50. The Labute approximate surface area is 99.1 Å². The third-order valence-electron chi connectivity index (χ3n) is 3.12. The minimum absolute atomic E-state index is 0.0150. The second-order valence-corrected chi connectivity index (χ2v) is 5.71. The smallest absolute Gasteiger partial charge is 0.264 e. The Kier molecular flexibility index (Phi) is 2.84. The van der Waals surface area contributed by atoms with E-state index in [0.717, 1.165) is 6.42 Å². The number of hydrogen-bond acceptors (Lipinski definition) is 3. The average Bonchev–Trinajstić information content (AvgIpc) is 2.74. The maximum absolute atomic E-state index is 12.0. The van der Waals surface area contributed by atoms with E-state index in [1.165, 1.54) is 11.3 Å². The normalized spacial score (nSPS) is 19.9. The molecule has 0 aliphatic carbocycles. The lowest BCUT2D eigenvalue weighted by Crippen LogP contribution is -2.47. The van der Waals surface area contributed by atoms with E-state index >= 15 is 0 Å². The Morgan fingerprint density at radius 3 is 2.81 bits per heavy atom. The van der Waals surface area contributed by atoms with Gasteiger partial charge in [-0.05, 0) is 17.9 Å². The molecular formula is C12H15NO2S.